The van der Waals surface area contributed by atoms with Crippen molar-refractivity contribution in [3.63, 3.8) is 0 Å². The maximum Gasteiger partial charge on any atom is 0.106 e. The fraction of sp³-hybridized carbons (Fsp3) is 0.833. The number of hydrogen-bond acceptors (Lipinski definition) is 2. The second-order valence-corrected chi connectivity index (χ2v) is 1.81. The van der Waals surface area contributed by atoms with Crippen LogP contribution in [0.2, 0.25) is 0 Å². The van der Waals surface area contributed by atoms with Gasteiger partial charge in [-0.15, -0.1) is 12.4 Å². The van der Waals surface area contributed by atoms with Gasteiger partial charge in [0.1, 0.15) is 6.79 Å². The Morgan fingerprint density at radius 3 is 1.56 bits per heavy atom. The van der Waals surface area contributed by atoms with Gasteiger partial charge in [-0.2, -0.15) is 0 Å². The second-order valence-electron chi connectivity index (χ2n) is 1.81. The number of nitrogens with one attached hydrogen (secondary N) is 1. The summed E-state index contributed by atoms with van der Waals surface area (Å²) in [5.74, 6) is 0. The van der Waals surface area contributed by atoms with Gasteiger partial charge in [0.2, 0.25) is 0 Å². The Bertz CT molecular complexity index is 36.8. The van der Waals surface area contributed by atoms with Crippen LogP contribution in [0.5, 0.6) is 0 Å². The molecule has 0 atom stereocenters. The summed E-state index contributed by atoms with van der Waals surface area (Å²) in [7, 11) is 0. The predicted octanol–water partition coefficient (Wildman–Crippen LogP) is 0.997. The van der Waals surface area contributed by atoms with Crippen LogP contribution < -0.4 is 5.32 Å². The maximum atomic E-state index is 8.00. The second kappa shape index (κ2) is 10.8. The fourth-order valence-electron chi connectivity index (χ4n) is 0.802. The minimum Gasteiger partial charge on any atom is -0.317 e. The highest BCUT2D eigenvalue weighted by Gasteiger charge is 1.93. The molecule has 1 N–H and O–H groups in total. The molecule has 56 valence electrons. The van der Waals surface area contributed by atoms with Crippen LogP contribution >= 0.6 is 12.4 Å². The number of carbonyl (C=O) groups excluding carboxylic acids is 1. The highest BCUT2D eigenvalue weighted by Crippen LogP contribution is 1.96. The van der Waals surface area contributed by atoms with E-state index in [9.17, 15) is 0 Å². The van der Waals surface area contributed by atoms with E-state index >= 15 is 0 Å². The third-order valence-corrected chi connectivity index (χ3v) is 1.21. The van der Waals surface area contributed by atoms with E-state index in [-0.39, 0.29) is 12.4 Å². The van der Waals surface area contributed by atoms with Crippen molar-refractivity contribution < 1.29 is 4.79 Å². The SMILES string of the molecule is C1CCNCC1.C=O.Cl. The van der Waals surface area contributed by atoms with Crippen molar-refractivity contribution in [2.24, 2.45) is 0 Å². The van der Waals surface area contributed by atoms with Crippen LogP contribution in [0.25, 0.3) is 0 Å². The van der Waals surface area contributed by atoms with E-state index in [0.29, 0.717) is 0 Å². The molecule has 0 radical (unpaired) electrons. The number of rotatable bonds is 0. The Morgan fingerprint density at radius 1 is 1.00 bits per heavy atom. The molecule has 1 aliphatic heterocycles. The molecule has 1 rings (SSSR count). The molecule has 0 amide bonds. The minimum absolute atomic E-state index is 0. The summed E-state index contributed by atoms with van der Waals surface area (Å²) < 4.78 is 0. The molecule has 1 heterocycles. The van der Waals surface area contributed by atoms with Crippen molar-refractivity contribution in [2.45, 2.75) is 19.3 Å². The van der Waals surface area contributed by atoms with Crippen LogP contribution in [0.3, 0.4) is 0 Å². The van der Waals surface area contributed by atoms with Crippen LogP contribution in [0.4, 0.5) is 0 Å². The number of hydrogen-bond donors (Lipinski definition) is 1. The summed E-state index contributed by atoms with van der Waals surface area (Å²) in [5.41, 5.74) is 0. The Hall–Kier alpha value is -0.0800. The van der Waals surface area contributed by atoms with Gasteiger partial charge in [-0.25, -0.2) is 0 Å². The van der Waals surface area contributed by atoms with Gasteiger partial charge in [-0.1, -0.05) is 6.42 Å². The lowest BCUT2D eigenvalue weighted by atomic mass is 10.2. The van der Waals surface area contributed by atoms with E-state index in [4.69, 9.17) is 4.79 Å². The smallest absolute Gasteiger partial charge is 0.106 e. The number of piperidine rings is 1. The monoisotopic (exact) mass is 151 g/mol. The van der Waals surface area contributed by atoms with Gasteiger partial charge >= 0.3 is 0 Å². The molecule has 1 saturated heterocycles. The minimum atomic E-state index is 0. The lowest BCUT2D eigenvalue weighted by Crippen LogP contribution is -2.21. The van der Waals surface area contributed by atoms with Gasteiger partial charge in [0.05, 0.1) is 0 Å². The molecule has 1 aliphatic rings. The van der Waals surface area contributed by atoms with Crippen LogP contribution in [0.1, 0.15) is 19.3 Å². The van der Waals surface area contributed by atoms with Crippen LogP contribution in [-0.2, 0) is 4.79 Å². The van der Waals surface area contributed by atoms with Crippen LogP contribution in [0, 0.1) is 0 Å². The van der Waals surface area contributed by atoms with E-state index in [2.05, 4.69) is 5.32 Å². The zero-order valence-corrected chi connectivity index (χ0v) is 6.38. The Kier molecular flexibility index (Phi) is 14.0. The van der Waals surface area contributed by atoms with E-state index in [1.165, 1.54) is 32.4 Å². The van der Waals surface area contributed by atoms with Crippen molar-refractivity contribution in [1.82, 2.24) is 5.32 Å². The molecule has 0 aromatic rings. The molecule has 0 saturated carbocycles. The molecule has 1 fully saturated rings. The zero-order chi connectivity index (χ0) is 6.24. The van der Waals surface area contributed by atoms with Crippen molar-refractivity contribution in [1.29, 1.82) is 0 Å². The number of carbonyl (C=O) groups is 1. The standard InChI is InChI=1S/C5H11N.CH2O.ClH/c1-2-4-6-5-3-1;1-2;/h6H,1-5H2;1H2;1H. The third kappa shape index (κ3) is 7.92. The molecule has 2 nitrogen and oxygen atoms in total. The van der Waals surface area contributed by atoms with Gasteiger partial charge in [-0.3, -0.25) is 0 Å². The van der Waals surface area contributed by atoms with Gasteiger partial charge < -0.3 is 10.1 Å². The van der Waals surface area contributed by atoms with E-state index < -0.39 is 0 Å². The Morgan fingerprint density at radius 2 is 1.44 bits per heavy atom. The first-order valence-electron chi connectivity index (χ1n) is 3.00. The average Bonchev–Trinajstić information content (AvgIpc) is 1.96. The molecule has 9 heavy (non-hydrogen) atoms. The Balaban J connectivity index is 0. The first-order valence-corrected chi connectivity index (χ1v) is 3.00. The van der Waals surface area contributed by atoms with E-state index in [0.717, 1.165) is 0 Å². The van der Waals surface area contributed by atoms with Gasteiger partial charge in [0, 0.05) is 0 Å². The van der Waals surface area contributed by atoms with Crippen molar-refractivity contribution >= 4 is 19.2 Å². The molecule has 0 aromatic carbocycles. The molecule has 0 bridgehead atoms. The highest BCUT2D eigenvalue weighted by atomic mass is 35.5. The lowest BCUT2D eigenvalue weighted by molar-refractivity contribution is -0.0979. The van der Waals surface area contributed by atoms with Gasteiger partial charge in [0.15, 0.2) is 0 Å². The fourth-order valence-corrected chi connectivity index (χ4v) is 0.802. The topological polar surface area (TPSA) is 29.1 Å². The highest BCUT2D eigenvalue weighted by molar-refractivity contribution is 5.85. The molecular weight excluding hydrogens is 138 g/mol. The quantitative estimate of drug-likeness (QED) is 0.560. The average molecular weight is 152 g/mol. The van der Waals surface area contributed by atoms with Gasteiger partial charge in [0.25, 0.3) is 0 Å². The predicted molar refractivity (Wildman–Crippen MR) is 41.1 cm³/mol. The third-order valence-electron chi connectivity index (χ3n) is 1.21. The van der Waals surface area contributed by atoms with E-state index in [1.54, 1.807) is 0 Å². The largest absolute Gasteiger partial charge is 0.317 e. The van der Waals surface area contributed by atoms with E-state index in [1.807, 2.05) is 6.79 Å². The summed E-state index contributed by atoms with van der Waals surface area (Å²) in [5, 5.41) is 3.28. The summed E-state index contributed by atoms with van der Waals surface area (Å²) in [6.07, 6.45) is 4.22. The molecule has 0 unspecified atom stereocenters. The normalized spacial score (nSPS) is 16.4. The summed E-state index contributed by atoms with van der Waals surface area (Å²) in [4.78, 5) is 8.00. The first-order chi connectivity index (χ1) is 4.00. The number of halogens is 1. The molecular formula is C6H14ClNO. The van der Waals surface area contributed by atoms with Crippen molar-refractivity contribution in [3.8, 4) is 0 Å². The summed E-state index contributed by atoms with van der Waals surface area (Å²) >= 11 is 0. The lowest BCUT2D eigenvalue weighted by Gasteiger charge is -2.08. The zero-order valence-electron chi connectivity index (χ0n) is 5.56. The summed E-state index contributed by atoms with van der Waals surface area (Å²) in [6, 6.07) is 0. The van der Waals surface area contributed by atoms with Crippen LogP contribution in [-0.4, -0.2) is 19.9 Å². The van der Waals surface area contributed by atoms with Crippen molar-refractivity contribution in [3.05, 3.63) is 0 Å². The van der Waals surface area contributed by atoms with Crippen molar-refractivity contribution in [2.75, 3.05) is 13.1 Å². The molecule has 0 aromatic heterocycles. The molecule has 0 aliphatic carbocycles. The first kappa shape index (κ1) is 11.7. The maximum absolute atomic E-state index is 8.00. The molecule has 3 heteroatoms. The summed E-state index contributed by atoms with van der Waals surface area (Å²) in [6.45, 7) is 4.50. The molecule has 0 spiro atoms. The Labute approximate surface area is 62.4 Å². The van der Waals surface area contributed by atoms with Crippen LogP contribution in [0.15, 0.2) is 0 Å². The van der Waals surface area contributed by atoms with Gasteiger partial charge in [-0.05, 0) is 25.9 Å².